The molecule has 1 aromatic carbocycles. The summed E-state index contributed by atoms with van der Waals surface area (Å²) in [5, 5.41) is 0. The molecule has 3 nitrogen and oxygen atoms in total. The van der Waals surface area contributed by atoms with Crippen molar-refractivity contribution in [3.63, 3.8) is 0 Å². The van der Waals surface area contributed by atoms with E-state index >= 15 is 0 Å². The van der Waals surface area contributed by atoms with E-state index < -0.39 is 0 Å². The van der Waals surface area contributed by atoms with E-state index in [1.165, 1.54) is 12.1 Å². The van der Waals surface area contributed by atoms with Gasteiger partial charge in [0.2, 0.25) is 0 Å². The highest BCUT2D eigenvalue weighted by Gasteiger charge is 2.21. The van der Waals surface area contributed by atoms with E-state index in [0.29, 0.717) is 6.54 Å². The van der Waals surface area contributed by atoms with Gasteiger partial charge in [-0.15, -0.1) is 0 Å². The molecule has 0 radical (unpaired) electrons. The van der Waals surface area contributed by atoms with Gasteiger partial charge in [0.25, 0.3) is 0 Å². The van der Waals surface area contributed by atoms with Crippen molar-refractivity contribution in [2.75, 3.05) is 18.0 Å². The molecule has 2 N–H and O–H groups in total. The second kappa shape index (κ2) is 5.89. The third-order valence-electron chi connectivity index (χ3n) is 3.17. The molecule has 0 saturated heterocycles. The van der Waals surface area contributed by atoms with Crippen LogP contribution < -0.4 is 10.6 Å². The van der Waals surface area contributed by atoms with Crippen LogP contribution >= 0.6 is 0 Å². The van der Waals surface area contributed by atoms with Crippen LogP contribution in [0.1, 0.15) is 24.5 Å². The first kappa shape index (κ1) is 13.6. The van der Waals surface area contributed by atoms with Gasteiger partial charge < -0.3 is 15.1 Å². The second-order valence-corrected chi connectivity index (χ2v) is 4.47. The number of anilines is 1. The minimum atomic E-state index is -0.248. The predicted octanol–water partition coefficient (Wildman–Crippen LogP) is 3.25. The smallest absolute Gasteiger partial charge is 0.127 e. The number of benzene rings is 1. The maximum Gasteiger partial charge on any atom is 0.127 e. The second-order valence-electron chi connectivity index (χ2n) is 4.47. The van der Waals surface area contributed by atoms with Gasteiger partial charge >= 0.3 is 0 Å². The number of likely N-dealkylation sites (N-methyl/N-ethyl adjacent to an activating group) is 1. The van der Waals surface area contributed by atoms with Crippen LogP contribution in [0.15, 0.2) is 40.8 Å². The Kier molecular flexibility index (Phi) is 4.22. The molecule has 2 aromatic rings. The number of hydrogen-bond donors (Lipinski definition) is 1. The Labute approximate surface area is 112 Å². The summed E-state index contributed by atoms with van der Waals surface area (Å²) in [6.45, 7) is 5.06. The third-order valence-corrected chi connectivity index (χ3v) is 3.17. The van der Waals surface area contributed by atoms with E-state index in [0.717, 1.165) is 23.8 Å². The Balaban J connectivity index is 2.33. The van der Waals surface area contributed by atoms with E-state index in [2.05, 4.69) is 0 Å². The molecule has 19 heavy (non-hydrogen) atoms. The zero-order valence-electron chi connectivity index (χ0n) is 11.3. The molecular weight excluding hydrogens is 243 g/mol. The van der Waals surface area contributed by atoms with Crippen LogP contribution in [0.2, 0.25) is 0 Å². The summed E-state index contributed by atoms with van der Waals surface area (Å²) in [7, 11) is 0. The standard InChI is InChI=1S/C15H19FN2O/c1-3-18(13-6-4-5-12(16)9-13)14(10-17)15-8-7-11(2)19-15/h4-9,14H,3,10,17H2,1-2H3. The molecule has 1 unspecified atom stereocenters. The van der Waals surface area contributed by atoms with Crippen LogP contribution in [0.5, 0.6) is 0 Å². The molecule has 0 bridgehead atoms. The number of nitrogens with two attached hydrogens (primary N) is 1. The summed E-state index contributed by atoms with van der Waals surface area (Å²) in [5.74, 6) is 1.41. The molecule has 0 saturated carbocycles. The number of halogens is 1. The third kappa shape index (κ3) is 2.96. The van der Waals surface area contributed by atoms with Crippen molar-refractivity contribution in [2.24, 2.45) is 5.73 Å². The van der Waals surface area contributed by atoms with Crippen LogP contribution in [0.3, 0.4) is 0 Å². The van der Waals surface area contributed by atoms with Crippen molar-refractivity contribution in [3.8, 4) is 0 Å². The summed E-state index contributed by atoms with van der Waals surface area (Å²) in [6.07, 6.45) is 0. The van der Waals surface area contributed by atoms with Gasteiger partial charge in [-0.25, -0.2) is 4.39 Å². The average Bonchev–Trinajstić information content (AvgIpc) is 2.82. The molecule has 0 fully saturated rings. The van der Waals surface area contributed by atoms with Crippen molar-refractivity contribution in [1.82, 2.24) is 0 Å². The normalized spacial score (nSPS) is 12.4. The lowest BCUT2D eigenvalue weighted by Gasteiger charge is -2.30. The van der Waals surface area contributed by atoms with Gasteiger partial charge in [-0.05, 0) is 44.2 Å². The summed E-state index contributed by atoms with van der Waals surface area (Å²) < 4.78 is 19.0. The van der Waals surface area contributed by atoms with Crippen LogP contribution in [0, 0.1) is 12.7 Å². The average molecular weight is 262 g/mol. The van der Waals surface area contributed by atoms with Crippen LogP contribution in [-0.2, 0) is 0 Å². The molecule has 0 aliphatic rings. The van der Waals surface area contributed by atoms with Gasteiger partial charge in [0.1, 0.15) is 17.3 Å². The van der Waals surface area contributed by atoms with Crippen LogP contribution in [-0.4, -0.2) is 13.1 Å². The van der Waals surface area contributed by atoms with Crippen molar-refractivity contribution in [2.45, 2.75) is 19.9 Å². The lowest BCUT2D eigenvalue weighted by atomic mass is 10.1. The SMILES string of the molecule is CCN(c1cccc(F)c1)C(CN)c1ccc(C)o1. The molecule has 1 heterocycles. The van der Waals surface area contributed by atoms with Gasteiger partial charge in [0, 0.05) is 18.8 Å². The van der Waals surface area contributed by atoms with E-state index in [1.54, 1.807) is 6.07 Å². The van der Waals surface area contributed by atoms with Crippen molar-refractivity contribution >= 4 is 5.69 Å². The quantitative estimate of drug-likeness (QED) is 0.899. The lowest BCUT2D eigenvalue weighted by molar-refractivity contribution is 0.435. The first-order valence-electron chi connectivity index (χ1n) is 6.44. The monoisotopic (exact) mass is 262 g/mol. The molecular formula is C15H19FN2O. The number of aryl methyl sites for hydroxylation is 1. The number of furan rings is 1. The van der Waals surface area contributed by atoms with Crippen molar-refractivity contribution < 1.29 is 8.81 Å². The first-order valence-corrected chi connectivity index (χ1v) is 6.44. The Hall–Kier alpha value is -1.81. The van der Waals surface area contributed by atoms with Gasteiger partial charge in [-0.2, -0.15) is 0 Å². The van der Waals surface area contributed by atoms with Gasteiger partial charge in [-0.3, -0.25) is 0 Å². The molecule has 0 aliphatic carbocycles. The topological polar surface area (TPSA) is 42.4 Å². The van der Waals surface area contributed by atoms with E-state index in [9.17, 15) is 4.39 Å². The fourth-order valence-electron chi connectivity index (χ4n) is 2.27. The highest BCUT2D eigenvalue weighted by molar-refractivity contribution is 5.48. The number of rotatable bonds is 5. The van der Waals surface area contributed by atoms with E-state index in [-0.39, 0.29) is 11.9 Å². The molecule has 0 aliphatic heterocycles. The molecule has 1 atom stereocenters. The van der Waals surface area contributed by atoms with Crippen LogP contribution in [0.25, 0.3) is 0 Å². The Morgan fingerprint density at radius 1 is 1.32 bits per heavy atom. The predicted molar refractivity (Wildman–Crippen MR) is 74.7 cm³/mol. The highest BCUT2D eigenvalue weighted by Crippen LogP contribution is 2.27. The Morgan fingerprint density at radius 2 is 2.11 bits per heavy atom. The minimum absolute atomic E-state index is 0.0829. The maximum atomic E-state index is 13.4. The zero-order valence-corrected chi connectivity index (χ0v) is 11.3. The van der Waals surface area contributed by atoms with Crippen LogP contribution in [0.4, 0.5) is 10.1 Å². The maximum absolute atomic E-state index is 13.4. The Bertz CT molecular complexity index is 538. The number of hydrogen-bond acceptors (Lipinski definition) is 3. The summed E-state index contributed by atoms with van der Waals surface area (Å²) in [5.41, 5.74) is 6.68. The summed E-state index contributed by atoms with van der Waals surface area (Å²) in [4.78, 5) is 2.04. The van der Waals surface area contributed by atoms with E-state index in [4.69, 9.17) is 10.2 Å². The number of nitrogens with zero attached hydrogens (tertiary/aromatic N) is 1. The summed E-state index contributed by atoms with van der Waals surface area (Å²) >= 11 is 0. The van der Waals surface area contributed by atoms with E-state index in [1.807, 2.05) is 36.9 Å². The van der Waals surface area contributed by atoms with Crippen molar-refractivity contribution in [1.29, 1.82) is 0 Å². The van der Waals surface area contributed by atoms with Gasteiger partial charge in [0.05, 0.1) is 6.04 Å². The van der Waals surface area contributed by atoms with Crippen molar-refractivity contribution in [3.05, 3.63) is 53.7 Å². The molecule has 0 amide bonds. The molecule has 1 aromatic heterocycles. The fourth-order valence-corrected chi connectivity index (χ4v) is 2.27. The summed E-state index contributed by atoms with van der Waals surface area (Å²) in [6, 6.07) is 10.3. The molecule has 4 heteroatoms. The minimum Gasteiger partial charge on any atom is -0.464 e. The first-order chi connectivity index (χ1) is 9.15. The fraction of sp³-hybridized carbons (Fsp3) is 0.333. The molecule has 2 rings (SSSR count). The Morgan fingerprint density at radius 3 is 2.63 bits per heavy atom. The van der Waals surface area contributed by atoms with Gasteiger partial charge in [0.15, 0.2) is 0 Å². The highest BCUT2D eigenvalue weighted by atomic mass is 19.1. The largest absolute Gasteiger partial charge is 0.464 e. The lowest BCUT2D eigenvalue weighted by Crippen LogP contribution is -2.33. The molecule has 0 spiro atoms. The zero-order chi connectivity index (χ0) is 13.8. The molecule has 102 valence electrons. The van der Waals surface area contributed by atoms with Gasteiger partial charge in [-0.1, -0.05) is 6.07 Å².